The Morgan fingerprint density at radius 2 is 2.00 bits per heavy atom. The van der Waals surface area contributed by atoms with Crippen LogP contribution in [0.4, 0.5) is 5.69 Å². The predicted octanol–water partition coefficient (Wildman–Crippen LogP) is 3.00. The van der Waals surface area contributed by atoms with Gasteiger partial charge >= 0.3 is 5.97 Å². The zero-order valence-electron chi connectivity index (χ0n) is 13.8. The van der Waals surface area contributed by atoms with Gasteiger partial charge in [0.25, 0.3) is 5.91 Å². The third kappa shape index (κ3) is 4.03. The zero-order valence-corrected chi connectivity index (χ0v) is 13.8. The lowest BCUT2D eigenvalue weighted by atomic mass is 10.0. The summed E-state index contributed by atoms with van der Waals surface area (Å²) < 4.78 is 4.96. The Labute approximate surface area is 145 Å². The number of esters is 1. The Balaban J connectivity index is 1.62. The van der Waals surface area contributed by atoms with E-state index in [1.807, 2.05) is 30.3 Å². The van der Waals surface area contributed by atoms with Gasteiger partial charge in [-0.25, -0.2) is 4.79 Å². The molecule has 3 rings (SSSR count). The standard InChI is InChI=1S/C19H18N2O4/c1-2-24-19(23)14-9-6-10-15(11-14)20-18(22)17-12-16(21-25-17)13-7-4-3-5-8-13/h3-11,17H,2,12H2,1H3,(H,20,22). The highest BCUT2D eigenvalue weighted by Gasteiger charge is 2.29. The Bertz CT molecular complexity index is 802. The fourth-order valence-electron chi connectivity index (χ4n) is 2.48. The molecule has 25 heavy (non-hydrogen) atoms. The van der Waals surface area contributed by atoms with Gasteiger partial charge in [-0.3, -0.25) is 4.79 Å². The van der Waals surface area contributed by atoms with Crippen LogP contribution in [-0.4, -0.2) is 30.3 Å². The van der Waals surface area contributed by atoms with Crippen LogP contribution in [-0.2, 0) is 14.4 Å². The van der Waals surface area contributed by atoms with Crippen molar-refractivity contribution in [1.82, 2.24) is 0 Å². The monoisotopic (exact) mass is 338 g/mol. The highest BCUT2D eigenvalue weighted by Crippen LogP contribution is 2.19. The van der Waals surface area contributed by atoms with Gasteiger partial charge in [0.05, 0.1) is 17.9 Å². The molecule has 1 heterocycles. The molecule has 0 radical (unpaired) electrons. The molecular formula is C19H18N2O4. The van der Waals surface area contributed by atoms with Crippen molar-refractivity contribution in [3.63, 3.8) is 0 Å². The number of rotatable bonds is 5. The van der Waals surface area contributed by atoms with Crippen LogP contribution in [0, 0.1) is 0 Å². The van der Waals surface area contributed by atoms with E-state index in [4.69, 9.17) is 9.57 Å². The maximum absolute atomic E-state index is 12.4. The molecule has 1 aliphatic heterocycles. The van der Waals surface area contributed by atoms with Crippen LogP contribution in [0.3, 0.4) is 0 Å². The first-order valence-electron chi connectivity index (χ1n) is 8.03. The molecule has 128 valence electrons. The van der Waals surface area contributed by atoms with E-state index in [2.05, 4.69) is 10.5 Å². The quantitative estimate of drug-likeness (QED) is 0.850. The zero-order chi connectivity index (χ0) is 17.6. The maximum Gasteiger partial charge on any atom is 0.338 e. The molecule has 1 N–H and O–H groups in total. The van der Waals surface area contributed by atoms with Crippen molar-refractivity contribution >= 4 is 23.3 Å². The molecule has 1 aliphatic rings. The van der Waals surface area contributed by atoms with E-state index in [1.54, 1.807) is 31.2 Å². The van der Waals surface area contributed by atoms with Crippen molar-refractivity contribution in [2.75, 3.05) is 11.9 Å². The Hall–Kier alpha value is -3.15. The van der Waals surface area contributed by atoms with E-state index in [9.17, 15) is 9.59 Å². The Morgan fingerprint density at radius 3 is 2.76 bits per heavy atom. The van der Waals surface area contributed by atoms with E-state index in [0.717, 1.165) is 11.3 Å². The van der Waals surface area contributed by atoms with Crippen LogP contribution >= 0.6 is 0 Å². The maximum atomic E-state index is 12.4. The summed E-state index contributed by atoms with van der Waals surface area (Å²) in [5, 5.41) is 6.75. The summed E-state index contributed by atoms with van der Waals surface area (Å²) in [6, 6.07) is 16.2. The van der Waals surface area contributed by atoms with E-state index in [0.29, 0.717) is 24.3 Å². The number of ether oxygens (including phenoxy) is 1. The van der Waals surface area contributed by atoms with Gasteiger partial charge in [-0.05, 0) is 30.7 Å². The fourth-order valence-corrected chi connectivity index (χ4v) is 2.48. The van der Waals surface area contributed by atoms with Crippen LogP contribution in [0.5, 0.6) is 0 Å². The number of anilines is 1. The van der Waals surface area contributed by atoms with E-state index in [-0.39, 0.29) is 5.91 Å². The smallest absolute Gasteiger partial charge is 0.338 e. The first-order chi connectivity index (χ1) is 12.2. The normalized spacial score (nSPS) is 15.9. The highest BCUT2D eigenvalue weighted by molar-refractivity contribution is 6.06. The van der Waals surface area contributed by atoms with Crippen molar-refractivity contribution in [2.24, 2.45) is 5.16 Å². The minimum absolute atomic E-state index is 0.297. The van der Waals surface area contributed by atoms with Crippen molar-refractivity contribution in [2.45, 2.75) is 19.4 Å². The molecule has 2 aromatic rings. The van der Waals surface area contributed by atoms with Gasteiger partial charge in [0.2, 0.25) is 6.10 Å². The third-order valence-electron chi connectivity index (χ3n) is 3.71. The Morgan fingerprint density at radius 1 is 1.20 bits per heavy atom. The van der Waals surface area contributed by atoms with Crippen molar-refractivity contribution in [3.05, 3.63) is 65.7 Å². The van der Waals surface area contributed by atoms with Crippen LogP contribution < -0.4 is 5.32 Å². The molecule has 1 atom stereocenters. The van der Waals surface area contributed by atoms with Gasteiger partial charge in [-0.1, -0.05) is 41.6 Å². The summed E-state index contributed by atoms with van der Waals surface area (Å²) in [6.07, 6.45) is -0.297. The second-order valence-corrected chi connectivity index (χ2v) is 5.49. The molecule has 0 spiro atoms. The molecule has 0 aliphatic carbocycles. The minimum Gasteiger partial charge on any atom is -0.462 e. The number of amides is 1. The number of carbonyl (C=O) groups is 2. The molecule has 0 fully saturated rings. The van der Waals surface area contributed by atoms with Crippen LogP contribution in [0.15, 0.2) is 59.8 Å². The molecular weight excluding hydrogens is 320 g/mol. The molecule has 0 aromatic heterocycles. The highest BCUT2D eigenvalue weighted by atomic mass is 16.6. The summed E-state index contributed by atoms with van der Waals surface area (Å²) in [6.45, 7) is 2.04. The third-order valence-corrected chi connectivity index (χ3v) is 3.71. The van der Waals surface area contributed by atoms with Crippen molar-refractivity contribution in [1.29, 1.82) is 0 Å². The molecule has 1 unspecified atom stereocenters. The lowest BCUT2D eigenvalue weighted by molar-refractivity contribution is -0.125. The minimum atomic E-state index is -0.693. The van der Waals surface area contributed by atoms with Gasteiger partial charge in [0, 0.05) is 12.1 Å². The average molecular weight is 338 g/mol. The summed E-state index contributed by atoms with van der Waals surface area (Å²) in [5.74, 6) is -0.735. The molecule has 0 saturated heterocycles. The van der Waals surface area contributed by atoms with Gasteiger partial charge in [0.15, 0.2) is 0 Å². The fraction of sp³-hybridized carbons (Fsp3) is 0.211. The first kappa shape index (κ1) is 16.7. The van der Waals surface area contributed by atoms with Gasteiger partial charge < -0.3 is 14.9 Å². The summed E-state index contributed by atoms with van der Waals surface area (Å²) in [4.78, 5) is 29.4. The van der Waals surface area contributed by atoms with Crippen LogP contribution in [0.1, 0.15) is 29.3 Å². The summed E-state index contributed by atoms with van der Waals surface area (Å²) in [7, 11) is 0. The van der Waals surface area contributed by atoms with E-state index < -0.39 is 12.1 Å². The van der Waals surface area contributed by atoms with E-state index >= 15 is 0 Å². The summed E-state index contributed by atoms with van der Waals surface area (Å²) >= 11 is 0. The lowest BCUT2D eigenvalue weighted by Gasteiger charge is -2.10. The number of carbonyl (C=O) groups excluding carboxylic acids is 2. The van der Waals surface area contributed by atoms with Gasteiger partial charge in [-0.2, -0.15) is 0 Å². The molecule has 1 amide bonds. The van der Waals surface area contributed by atoms with Gasteiger partial charge in [-0.15, -0.1) is 0 Å². The van der Waals surface area contributed by atoms with Gasteiger partial charge in [0.1, 0.15) is 0 Å². The van der Waals surface area contributed by atoms with Crippen molar-refractivity contribution in [3.8, 4) is 0 Å². The number of benzene rings is 2. The molecule has 6 nitrogen and oxygen atoms in total. The first-order valence-corrected chi connectivity index (χ1v) is 8.03. The molecule has 2 aromatic carbocycles. The molecule has 0 bridgehead atoms. The average Bonchev–Trinajstić information content (AvgIpc) is 3.13. The second-order valence-electron chi connectivity index (χ2n) is 5.49. The number of nitrogens with one attached hydrogen (secondary N) is 1. The van der Waals surface area contributed by atoms with E-state index in [1.165, 1.54) is 0 Å². The number of oxime groups is 1. The molecule has 6 heteroatoms. The largest absolute Gasteiger partial charge is 0.462 e. The molecule has 0 saturated carbocycles. The second kappa shape index (κ2) is 7.61. The van der Waals surface area contributed by atoms with Crippen molar-refractivity contribution < 1.29 is 19.2 Å². The SMILES string of the molecule is CCOC(=O)c1cccc(NC(=O)C2CC(c3ccccc3)=NO2)c1. The number of hydrogen-bond acceptors (Lipinski definition) is 5. The predicted molar refractivity (Wildman–Crippen MR) is 93.5 cm³/mol. The van der Waals surface area contributed by atoms with Crippen LogP contribution in [0.2, 0.25) is 0 Å². The lowest BCUT2D eigenvalue weighted by Crippen LogP contribution is -2.28. The topological polar surface area (TPSA) is 77.0 Å². The number of hydrogen-bond donors (Lipinski definition) is 1. The Kier molecular flexibility index (Phi) is 5.09. The van der Waals surface area contributed by atoms with Crippen LogP contribution in [0.25, 0.3) is 0 Å². The number of nitrogens with zero attached hydrogens (tertiary/aromatic N) is 1. The summed E-state index contributed by atoms with van der Waals surface area (Å²) in [5.41, 5.74) is 2.56.